The van der Waals surface area contributed by atoms with Crippen LogP contribution in [0.4, 0.5) is 0 Å². The summed E-state index contributed by atoms with van der Waals surface area (Å²) in [6, 6.07) is 9.42. The van der Waals surface area contributed by atoms with Gasteiger partial charge in [-0.05, 0) is 68.5 Å². The summed E-state index contributed by atoms with van der Waals surface area (Å²) < 4.78 is 16.1. The second-order valence-corrected chi connectivity index (χ2v) is 6.37. The monoisotopic (exact) mass is 369 g/mol. The Balaban J connectivity index is 1.55. The number of carbonyl (C=O) groups is 2. The number of hydrogen-bond acceptors (Lipinski definition) is 5. The summed E-state index contributed by atoms with van der Waals surface area (Å²) >= 11 is 0. The molecule has 0 saturated heterocycles. The van der Waals surface area contributed by atoms with E-state index in [2.05, 4.69) is 17.4 Å². The van der Waals surface area contributed by atoms with E-state index in [0.29, 0.717) is 11.5 Å². The fraction of sp³-hybridized carbons (Fsp3) is 0.333. The van der Waals surface area contributed by atoms with Crippen molar-refractivity contribution < 1.29 is 23.5 Å². The van der Waals surface area contributed by atoms with E-state index in [-0.39, 0.29) is 19.0 Å². The molecule has 27 heavy (non-hydrogen) atoms. The fourth-order valence-corrected chi connectivity index (χ4v) is 3.01. The van der Waals surface area contributed by atoms with E-state index in [9.17, 15) is 9.59 Å². The number of allylic oxidation sites excluding steroid dienone is 1. The molecular weight excluding hydrogens is 346 g/mol. The van der Waals surface area contributed by atoms with Gasteiger partial charge in [-0.25, -0.2) is 4.79 Å². The van der Waals surface area contributed by atoms with E-state index < -0.39 is 11.9 Å². The summed E-state index contributed by atoms with van der Waals surface area (Å²) in [5.74, 6) is 0.563. The Labute approximate surface area is 158 Å². The molecule has 0 spiro atoms. The predicted octanol–water partition coefficient (Wildman–Crippen LogP) is 3.54. The zero-order valence-electron chi connectivity index (χ0n) is 15.5. The van der Waals surface area contributed by atoms with Crippen LogP contribution in [0.25, 0.3) is 0 Å². The molecule has 0 radical (unpaired) electrons. The first-order valence-corrected chi connectivity index (χ1v) is 9.05. The number of aryl methyl sites for hydroxylation is 2. The van der Waals surface area contributed by atoms with Crippen LogP contribution < -0.4 is 10.1 Å². The number of nitrogens with one attached hydrogen (secondary N) is 1. The number of hydrogen-bond donors (Lipinski definition) is 1. The maximum absolute atomic E-state index is 12.2. The van der Waals surface area contributed by atoms with Crippen molar-refractivity contribution in [3.05, 3.63) is 64.8 Å². The number of benzene rings is 1. The molecule has 2 aromatic rings. The molecule has 0 bridgehead atoms. The van der Waals surface area contributed by atoms with Gasteiger partial charge in [0.05, 0.1) is 6.61 Å². The number of amides is 1. The van der Waals surface area contributed by atoms with E-state index in [1.54, 1.807) is 26.0 Å². The van der Waals surface area contributed by atoms with E-state index in [1.807, 2.05) is 6.07 Å². The highest BCUT2D eigenvalue weighted by Crippen LogP contribution is 2.26. The molecule has 1 aliphatic rings. The highest BCUT2D eigenvalue weighted by Gasteiger charge is 2.14. The molecule has 6 nitrogen and oxygen atoms in total. The van der Waals surface area contributed by atoms with Gasteiger partial charge in [0.15, 0.2) is 5.76 Å². The molecular formula is C21H23NO5. The van der Waals surface area contributed by atoms with E-state index in [1.165, 1.54) is 23.6 Å². The molecule has 3 rings (SSSR count). The van der Waals surface area contributed by atoms with E-state index >= 15 is 0 Å². The zero-order chi connectivity index (χ0) is 19.2. The third kappa shape index (κ3) is 5.00. The molecule has 142 valence electrons. The van der Waals surface area contributed by atoms with Gasteiger partial charge in [-0.3, -0.25) is 4.79 Å². The molecule has 1 amide bonds. The Hall–Kier alpha value is -3.02. The lowest BCUT2D eigenvalue weighted by molar-refractivity contribution is -0.137. The summed E-state index contributed by atoms with van der Waals surface area (Å²) in [6.07, 6.45) is 4.65. The van der Waals surface area contributed by atoms with Gasteiger partial charge < -0.3 is 19.2 Å². The largest absolute Gasteiger partial charge is 0.486 e. The minimum Gasteiger partial charge on any atom is -0.486 e. The van der Waals surface area contributed by atoms with Gasteiger partial charge in [0.2, 0.25) is 0 Å². The average molecular weight is 369 g/mol. The highest BCUT2D eigenvalue weighted by molar-refractivity contribution is 5.93. The SMILES string of the molecule is CCOC(=O)/C=C(\C)NC(=O)c1ccc(COc2ccc3c(c2)CCC3)o1. The van der Waals surface area contributed by atoms with Crippen LogP contribution in [-0.4, -0.2) is 18.5 Å². The lowest BCUT2D eigenvalue weighted by Crippen LogP contribution is -2.21. The van der Waals surface area contributed by atoms with Crippen LogP contribution in [0.15, 0.2) is 46.5 Å². The van der Waals surface area contributed by atoms with Crippen molar-refractivity contribution in [1.82, 2.24) is 5.32 Å². The predicted molar refractivity (Wildman–Crippen MR) is 99.4 cm³/mol. The molecule has 1 N–H and O–H groups in total. The fourth-order valence-electron chi connectivity index (χ4n) is 3.01. The Kier molecular flexibility index (Phi) is 5.96. The van der Waals surface area contributed by atoms with Crippen LogP contribution in [-0.2, 0) is 29.0 Å². The number of rotatable bonds is 7. The molecule has 6 heteroatoms. The van der Waals surface area contributed by atoms with Gasteiger partial charge in [-0.15, -0.1) is 0 Å². The van der Waals surface area contributed by atoms with Crippen molar-refractivity contribution in [1.29, 1.82) is 0 Å². The Morgan fingerprint density at radius 3 is 2.81 bits per heavy atom. The lowest BCUT2D eigenvalue weighted by Gasteiger charge is -2.07. The number of carbonyl (C=O) groups excluding carboxylic acids is 2. The van der Waals surface area contributed by atoms with Gasteiger partial charge in [-0.2, -0.15) is 0 Å². The lowest BCUT2D eigenvalue weighted by atomic mass is 10.1. The van der Waals surface area contributed by atoms with Crippen LogP contribution in [0.1, 0.15) is 47.7 Å². The van der Waals surface area contributed by atoms with Crippen LogP contribution in [0.5, 0.6) is 5.75 Å². The van der Waals surface area contributed by atoms with Gasteiger partial charge >= 0.3 is 5.97 Å². The van der Waals surface area contributed by atoms with E-state index in [4.69, 9.17) is 13.9 Å². The van der Waals surface area contributed by atoms with E-state index in [0.717, 1.165) is 18.6 Å². The van der Waals surface area contributed by atoms with Crippen LogP contribution in [0, 0.1) is 0 Å². The third-order valence-electron chi connectivity index (χ3n) is 4.27. The number of ether oxygens (including phenoxy) is 2. The van der Waals surface area contributed by atoms with Gasteiger partial charge in [0.25, 0.3) is 5.91 Å². The van der Waals surface area contributed by atoms with Crippen molar-refractivity contribution in [3.63, 3.8) is 0 Å². The smallest absolute Gasteiger partial charge is 0.332 e. The Morgan fingerprint density at radius 1 is 1.19 bits per heavy atom. The minimum absolute atomic E-state index is 0.152. The summed E-state index contributed by atoms with van der Waals surface area (Å²) in [6.45, 7) is 3.84. The number of esters is 1. The molecule has 1 aromatic heterocycles. The molecule has 1 heterocycles. The standard InChI is InChI=1S/C21H23NO5/c1-3-25-20(23)11-14(2)22-21(24)19-10-9-18(27-19)13-26-17-8-7-15-5-4-6-16(15)12-17/h7-12H,3-6,13H2,1-2H3,(H,22,24)/b14-11+. The van der Waals surface area contributed by atoms with Crippen molar-refractivity contribution in [2.24, 2.45) is 0 Å². The molecule has 0 aliphatic heterocycles. The average Bonchev–Trinajstić information content (AvgIpc) is 3.28. The molecule has 0 unspecified atom stereocenters. The quantitative estimate of drug-likeness (QED) is 0.597. The number of fused-ring (bicyclic) bond motifs is 1. The van der Waals surface area contributed by atoms with Crippen molar-refractivity contribution in [2.75, 3.05) is 6.61 Å². The summed E-state index contributed by atoms with van der Waals surface area (Å²) in [7, 11) is 0. The van der Waals surface area contributed by atoms with Crippen LogP contribution >= 0.6 is 0 Å². The topological polar surface area (TPSA) is 77.8 Å². The Bertz CT molecular complexity index is 865. The van der Waals surface area contributed by atoms with Crippen molar-refractivity contribution in [2.45, 2.75) is 39.7 Å². The summed E-state index contributed by atoms with van der Waals surface area (Å²) in [4.78, 5) is 23.5. The van der Waals surface area contributed by atoms with Crippen molar-refractivity contribution in [3.8, 4) is 5.75 Å². The highest BCUT2D eigenvalue weighted by atomic mass is 16.5. The minimum atomic E-state index is -0.502. The van der Waals surface area contributed by atoms with Gasteiger partial charge in [0.1, 0.15) is 18.1 Å². The van der Waals surface area contributed by atoms with Crippen LogP contribution in [0.2, 0.25) is 0 Å². The second-order valence-electron chi connectivity index (χ2n) is 6.37. The first-order chi connectivity index (χ1) is 13.0. The van der Waals surface area contributed by atoms with Crippen molar-refractivity contribution >= 4 is 11.9 Å². The maximum atomic E-state index is 12.2. The molecule has 1 aliphatic carbocycles. The molecule has 0 fully saturated rings. The second kappa shape index (κ2) is 8.58. The number of furan rings is 1. The third-order valence-corrected chi connectivity index (χ3v) is 4.27. The Morgan fingerprint density at radius 2 is 2.00 bits per heavy atom. The molecule has 0 atom stereocenters. The summed E-state index contributed by atoms with van der Waals surface area (Å²) in [5, 5.41) is 2.59. The first-order valence-electron chi connectivity index (χ1n) is 9.05. The van der Waals surface area contributed by atoms with Crippen LogP contribution in [0.3, 0.4) is 0 Å². The first kappa shape index (κ1) is 18.8. The molecule has 1 aromatic carbocycles. The summed E-state index contributed by atoms with van der Waals surface area (Å²) in [5.41, 5.74) is 3.12. The maximum Gasteiger partial charge on any atom is 0.332 e. The molecule has 0 saturated carbocycles. The zero-order valence-corrected chi connectivity index (χ0v) is 15.5. The normalized spacial score (nSPS) is 13.2. The van der Waals surface area contributed by atoms with Gasteiger partial charge in [0, 0.05) is 11.8 Å². The van der Waals surface area contributed by atoms with Gasteiger partial charge in [-0.1, -0.05) is 6.07 Å².